The average Bonchev–Trinajstić information content (AvgIpc) is 3.09. The molecule has 0 aliphatic carbocycles. The lowest BCUT2D eigenvalue weighted by atomic mass is 10.1. The van der Waals surface area contributed by atoms with Crippen molar-refractivity contribution in [3.05, 3.63) is 59.4 Å². The van der Waals surface area contributed by atoms with Gasteiger partial charge in [-0.05, 0) is 48.7 Å². The van der Waals surface area contributed by atoms with E-state index in [4.69, 9.17) is 4.74 Å². The standard InChI is InChI=1S/C20H22FNO6S2/c1-28-15-4-2-14(3-5-15)8-10-22-20(23)18-12-16(6-7-19(18)21)30(26,27)17-9-11-29(24,25)13-17/h2-7,12,17H,8-11,13H2,1H3,(H,22,23)/t17-/m0/s1. The predicted molar refractivity (Wildman–Crippen MR) is 110 cm³/mol. The van der Waals surface area contributed by atoms with Crippen LogP contribution in [0.1, 0.15) is 22.3 Å². The molecule has 1 atom stereocenters. The normalized spacial score (nSPS) is 18.1. The van der Waals surface area contributed by atoms with Gasteiger partial charge in [0.2, 0.25) is 0 Å². The number of hydrogen-bond donors (Lipinski definition) is 1. The molecule has 0 spiro atoms. The lowest BCUT2D eigenvalue weighted by molar-refractivity contribution is 0.0950. The smallest absolute Gasteiger partial charge is 0.254 e. The number of sulfone groups is 2. The first-order valence-corrected chi connectivity index (χ1v) is 12.6. The average molecular weight is 456 g/mol. The molecule has 1 amide bonds. The Kier molecular flexibility index (Phi) is 6.47. The fourth-order valence-electron chi connectivity index (χ4n) is 3.26. The molecule has 0 aromatic heterocycles. The lowest BCUT2D eigenvalue weighted by Gasteiger charge is -2.12. The topological polar surface area (TPSA) is 107 Å². The van der Waals surface area contributed by atoms with Gasteiger partial charge in [0.25, 0.3) is 5.91 Å². The van der Waals surface area contributed by atoms with E-state index in [1.54, 1.807) is 19.2 Å². The van der Waals surface area contributed by atoms with Gasteiger partial charge < -0.3 is 10.1 Å². The van der Waals surface area contributed by atoms with Crippen LogP contribution >= 0.6 is 0 Å². The molecule has 0 bridgehead atoms. The van der Waals surface area contributed by atoms with E-state index in [0.717, 1.165) is 23.8 Å². The first-order valence-electron chi connectivity index (χ1n) is 9.27. The summed E-state index contributed by atoms with van der Waals surface area (Å²) in [7, 11) is -5.84. The quantitative estimate of drug-likeness (QED) is 0.638. The van der Waals surface area contributed by atoms with Crippen molar-refractivity contribution < 1.29 is 30.8 Å². The van der Waals surface area contributed by atoms with Crippen LogP contribution in [0.3, 0.4) is 0 Å². The van der Waals surface area contributed by atoms with Crippen molar-refractivity contribution in [3.8, 4) is 5.75 Å². The Balaban J connectivity index is 1.70. The summed E-state index contributed by atoms with van der Waals surface area (Å²) in [6.45, 7) is 0.225. The Hall–Kier alpha value is -2.46. The maximum Gasteiger partial charge on any atom is 0.254 e. The summed E-state index contributed by atoms with van der Waals surface area (Å²) in [6, 6.07) is 10.2. The fourth-order valence-corrected chi connectivity index (χ4v) is 7.65. The minimum absolute atomic E-state index is 0.00850. The number of benzene rings is 2. The van der Waals surface area contributed by atoms with Gasteiger partial charge in [-0.1, -0.05) is 12.1 Å². The fraction of sp³-hybridized carbons (Fsp3) is 0.350. The van der Waals surface area contributed by atoms with Crippen LogP contribution in [0.15, 0.2) is 47.4 Å². The van der Waals surface area contributed by atoms with Crippen molar-refractivity contribution in [1.29, 1.82) is 0 Å². The third kappa shape index (κ3) is 4.99. The molecule has 2 aromatic rings. The third-order valence-corrected chi connectivity index (χ3v) is 9.17. The molecule has 30 heavy (non-hydrogen) atoms. The SMILES string of the molecule is COc1ccc(CCNC(=O)c2cc(S(=O)(=O)[C@H]3CCS(=O)(=O)C3)ccc2F)cc1. The highest BCUT2D eigenvalue weighted by Crippen LogP contribution is 2.26. The molecule has 1 saturated heterocycles. The number of carbonyl (C=O) groups excluding carboxylic acids is 1. The summed E-state index contributed by atoms with van der Waals surface area (Å²) in [4.78, 5) is 12.1. The first-order chi connectivity index (χ1) is 14.1. The summed E-state index contributed by atoms with van der Waals surface area (Å²) in [5, 5.41) is 1.49. The molecule has 2 aromatic carbocycles. The maximum atomic E-state index is 14.2. The molecule has 0 radical (unpaired) electrons. The molecule has 7 nitrogen and oxygen atoms in total. The van der Waals surface area contributed by atoms with Crippen LogP contribution in [-0.4, -0.2) is 53.2 Å². The Morgan fingerprint density at radius 1 is 1.20 bits per heavy atom. The molecule has 0 unspecified atom stereocenters. The summed E-state index contributed by atoms with van der Waals surface area (Å²) in [5.74, 6) is -1.54. The van der Waals surface area contributed by atoms with Crippen molar-refractivity contribution >= 4 is 25.6 Å². The van der Waals surface area contributed by atoms with Gasteiger partial charge in [0.05, 0.1) is 34.3 Å². The molecular weight excluding hydrogens is 433 g/mol. The number of hydrogen-bond acceptors (Lipinski definition) is 6. The summed E-state index contributed by atoms with van der Waals surface area (Å²) < 4.78 is 68.0. The van der Waals surface area contributed by atoms with Crippen molar-refractivity contribution in [1.82, 2.24) is 5.32 Å². The molecule has 162 valence electrons. The van der Waals surface area contributed by atoms with Crippen LogP contribution in [0.4, 0.5) is 4.39 Å². The highest BCUT2D eigenvalue weighted by molar-refractivity contribution is 7.96. The number of rotatable bonds is 7. The van der Waals surface area contributed by atoms with Crippen molar-refractivity contribution in [2.75, 3.05) is 25.2 Å². The van der Waals surface area contributed by atoms with Crippen molar-refractivity contribution in [2.45, 2.75) is 23.0 Å². The number of methoxy groups -OCH3 is 1. The third-order valence-electron chi connectivity index (χ3n) is 5.00. The molecule has 1 aliphatic heterocycles. The summed E-state index contributed by atoms with van der Waals surface area (Å²) >= 11 is 0. The Bertz CT molecular complexity index is 1140. The molecule has 10 heteroatoms. The van der Waals surface area contributed by atoms with Crippen LogP contribution in [0.5, 0.6) is 5.75 Å². The van der Waals surface area contributed by atoms with Crippen molar-refractivity contribution in [3.63, 3.8) is 0 Å². The van der Waals surface area contributed by atoms with Crippen LogP contribution in [0, 0.1) is 5.82 Å². The Morgan fingerprint density at radius 2 is 1.90 bits per heavy atom. The number of halogens is 1. The number of nitrogens with one attached hydrogen (secondary N) is 1. The molecule has 1 aliphatic rings. The van der Waals surface area contributed by atoms with Gasteiger partial charge >= 0.3 is 0 Å². The minimum atomic E-state index is -3.99. The van der Waals surface area contributed by atoms with Gasteiger partial charge in [-0.25, -0.2) is 21.2 Å². The zero-order valence-corrected chi connectivity index (χ0v) is 17.9. The van der Waals surface area contributed by atoms with E-state index < -0.39 is 48.0 Å². The van der Waals surface area contributed by atoms with Crippen LogP contribution in [0.2, 0.25) is 0 Å². The highest BCUT2D eigenvalue weighted by Gasteiger charge is 2.38. The van der Waals surface area contributed by atoms with E-state index in [0.29, 0.717) is 12.2 Å². The second-order valence-corrected chi connectivity index (χ2v) is 11.5. The highest BCUT2D eigenvalue weighted by atomic mass is 32.2. The Labute approximate surface area is 175 Å². The van der Waals surface area contributed by atoms with E-state index in [-0.39, 0.29) is 23.6 Å². The van der Waals surface area contributed by atoms with Crippen LogP contribution < -0.4 is 10.1 Å². The van der Waals surface area contributed by atoms with Gasteiger partial charge in [0.15, 0.2) is 19.7 Å². The van der Waals surface area contributed by atoms with Gasteiger partial charge in [0.1, 0.15) is 11.6 Å². The number of ether oxygens (including phenoxy) is 1. The molecule has 1 fully saturated rings. The predicted octanol–water partition coefficient (Wildman–Crippen LogP) is 1.77. The zero-order chi connectivity index (χ0) is 21.9. The van der Waals surface area contributed by atoms with E-state index >= 15 is 0 Å². The summed E-state index contributed by atoms with van der Waals surface area (Å²) in [5.41, 5.74) is 0.544. The number of amides is 1. The van der Waals surface area contributed by atoms with Crippen LogP contribution in [0.25, 0.3) is 0 Å². The van der Waals surface area contributed by atoms with E-state index in [1.807, 2.05) is 12.1 Å². The van der Waals surface area contributed by atoms with Crippen molar-refractivity contribution in [2.24, 2.45) is 0 Å². The first kappa shape index (κ1) is 22.2. The largest absolute Gasteiger partial charge is 0.497 e. The van der Waals surface area contributed by atoms with E-state index in [1.165, 1.54) is 0 Å². The second kappa shape index (κ2) is 8.73. The van der Waals surface area contributed by atoms with E-state index in [2.05, 4.69) is 5.32 Å². The minimum Gasteiger partial charge on any atom is -0.497 e. The number of carbonyl (C=O) groups is 1. The second-order valence-electron chi connectivity index (χ2n) is 7.07. The molecule has 1 heterocycles. The molecule has 3 rings (SSSR count). The van der Waals surface area contributed by atoms with Gasteiger partial charge in [-0.15, -0.1) is 0 Å². The zero-order valence-electron chi connectivity index (χ0n) is 16.3. The summed E-state index contributed by atoms with van der Waals surface area (Å²) in [6.07, 6.45) is 0.487. The van der Waals surface area contributed by atoms with Gasteiger partial charge in [0, 0.05) is 6.54 Å². The monoisotopic (exact) mass is 455 g/mol. The molecular formula is C20H22FNO6S2. The molecule has 1 N–H and O–H groups in total. The van der Waals surface area contributed by atoms with Crippen LogP contribution in [-0.2, 0) is 26.1 Å². The maximum absolute atomic E-state index is 14.2. The van der Waals surface area contributed by atoms with E-state index in [9.17, 15) is 26.0 Å². The molecule has 0 saturated carbocycles. The lowest BCUT2D eigenvalue weighted by Crippen LogP contribution is -2.27. The van der Waals surface area contributed by atoms with Gasteiger partial charge in [-0.3, -0.25) is 4.79 Å². The van der Waals surface area contributed by atoms with Gasteiger partial charge in [-0.2, -0.15) is 0 Å². The Morgan fingerprint density at radius 3 is 2.50 bits per heavy atom.